The SMILES string of the molecule is CC.CNC(=O)CCN(C)C(=O)CC(C=O)SCC(N)C(C)=O. The molecule has 0 bridgehead atoms. The fourth-order valence-electron chi connectivity index (χ4n) is 1.34. The molecule has 0 aromatic heterocycles. The highest BCUT2D eigenvalue weighted by Crippen LogP contribution is 2.15. The molecular weight excluding hydrogens is 318 g/mol. The molecule has 23 heavy (non-hydrogen) atoms. The van der Waals surface area contributed by atoms with Crippen molar-refractivity contribution in [1.29, 1.82) is 0 Å². The predicted molar refractivity (Wildman–Crippen MR) is 93.3 cm³/mol. The minimum atomic E-state index is -0.626. The van der Waals surface area contributed by atoms with E-state index in [-0.39, 0.29) is 30.4 Å². The van der Waals surface area contributed by atoms with E-state index in [2.05, 4.69) is 5.32 Å². The Balaban J connectivity index is 0. The first kappa shape index (κ1) is 23.9. The van der Waals surface area contributed by atoms with Gasteiger partial charge in [-0.3, -0.25) is 14.4 Å². The highest BCUT2D eigenvalue weighted by molar-refractivity contribution is 8.00. The molecule has 0 spiro atoms. The molecule has 2 amide bonds. The monoisotopic (exact) mass is 347 g/mol. The first-order valence-electron chi connectivity index (χ1n) is 7.59. The number of nitrogens with two attached hydrogens (primary N) is 1. The molecule has 0 heterocycles. The van der Waals surface area contributed by atoms with Gasteiger partial charge in [-0.1, -0.05) is 13.8 Å². The van der Waals surface area contributed by atoms with Crippen LogP contribution in [0.5, 0.6) is 0 Å². The number of hydrogen-bond donors (Lipinski definition) is 2. The largest absolute Gasteiger partial charge is 0.359 e. The first-order chi connectivity index (χ1) is 10.8. The summed E-state index contributed by atoms with van der Waals surface area (Å²) in [5.74, 6) is -0.224. The molecule has 7 nitrogen and oxygen atoms in total. The van der Waals surface area contributed by atoms with Gasteiger partial charge in [0.15, 0.2) is 0 Å². The van der Waals surface area contributed by atoms with Crippen molar-refractivity contribution in [2.45, 2.75) is 44.9 Å². The van der Waals surface area contributed by atoms with Crippen molar-refractivity contribution >= 4 is 35.6 Å². The van der Waals surface area contributed by atoms with Crippen molar-refractivity contribution in [3.63, 3.8) is 0 Å². The summed E-state index contributed by atoms with van der Waals surface area (Å²) in [6.45, 7) is 5.68. The van der Waals surface area contributed by atoms with Crippen LogP contribution in [-0.4, -0.2) is 66.5 Å². The number of nitrogens with zero attached hydrogens (tertiary/aromatic N) is 1. The normalized spacial score (nSPS) is 12.3. The molecule has 2 unspecified atom stereocenters. The Kier molecular flexibility index (Phi) is 14.7. The molecule has 0 aliphatic heterocycles. The Morgan fingerprint density at radius 3 is 2.30 bits per heavy atom. The lowest BCUT2D eigenvalue weighted by Crippen LogP contribution is -2.34. The highest BCUT2D eigenvalue weighted by atomic mass is 32.2. The van der Waals surface area contributed by atoms with Crippen molar-refractivity contribution in [3.05, 3.63) is 0 Å². The topological polar surface area (TPSA) is 110 Å². The van der Waals surface area contributed by atoms with Crippen LogP contribution in [0.25, 0.3) is 0 Å². The fraction of sp³-hybridized carbons (Fsp3) is 0.733. The van der Waals surface area contributed by atoms with Crippen LogP contribution in [0.1, 0.15) is 33.6 Å². The Morgan fingerprint density at radius 1 is 1.30 bits per heavy atom. The molecule has 0 saturated carbocycles. The second kappa shape index (κ2) is 14.2. The molecule has 134 valence electrons. The van der Waals surface area contributed by atoms with Gasteiger partial charge in [0.2, 0.25) is 11.8 Å². The van der Waals surface area contributed by atoms with E-state index < -0.39 is 11.3 Å². The number of hydrogen-bond acceptors (Lipinski definition) is 6. The van der Waals surface area contributed by atoms with Crippen molar-refractivity contribution < 1.29 is 19.2 Å². The molecule has 0 fully saturated rings. The molecule has 8 heteroatoms. The van der Waals surface area contributed by atoms with Gasteiger partial charge < -0.3 is 20.7 Å². The number of carbonyl (C=O) groups excluding carboxylic acids is 4. The summed E-state index contributed by atoms with van der Waals surface area (Å²) in [6, 6.07) is -0.626. The van der Waals surface area contributed by atoms with E-state index in [0.29, 0.717) is 18.6 Å². The molecule has 0 aromatic carbocycles. The Bertz CT molecular complexity index is 391. The number of rotatable bonds is 10. The third kappa shape index (κ3) is 11.8. The lowest BCUT2D eigenvalue weighted by atomic mass is 10.2. The summed E-state index contributed by atoms with van der Waals surface area (Å²) in [5, 5.41) is 1.93. The molecule has 0 saturated heterocycles. The van der Waals surface area contributed by atoms with Crippen LogP contribution in [0.15, 0.2) is 0 Å². The van der Waals surface area contributed by atoms with E-state index in [0.717, 1.165) is 0 Å². The lowest BCUT2D eigenvalue weighted by Gasteiger charge is -2.19. The van der Waals surface area contributed by atoms with Crippen LogP contribution < -0.4 is 11.1 Å². The highest BCUT2D eigenvalue weighted by Gasteiger charge is 2.19. The number of nitrogens with one attached hydrogen (secondary N) is 1. The summed E-state index contributed by atoms with van der Waals surface area (Å²) in [5.41, 5.74) is 5.58. The summed E-state index contributed by atoms with van der Waals surface area (Å²) in [4.78, 5) is 46.4. The minimum Gasteiger partial charge on any atom is -0.359 e. The van der Waals surface area contributed by atoms with Crippen molar-refractivity contribution in [2.24, 2.45) is 5.73 Å². The summed E-state index contributed by atoms with van der Waals surface area (Å²) < 4.78 is 0. The van der Waals surface area contributed by atoms with Gasteiger partial charge in [0, 0.05) is 39.2 Å². The van der Waals surface area contributed by atoms with Crippen LogP contribution in [0.3, 0.4) is 0 Å². The molecule has 0 radical (unpaired) electrons. The molecule has 0 aliphatic rings. The molecule has 0 rings (SSSR count). The summed E-state index contributed by atoms with van der Waals surface area (Å²) >= 11 is 1.19. The second-order valence-electron chi connectivity index (χ2n) is 4.67. The average molecular weight is 347 g/mol. The number of Topliss-reactive ketones (excluding diaryl/α,β-unsaturated/α-hetero) is 1. The number of aldehydes is 1. The summed E-state index contributed by atoms with van der Waals surface area (Å²) in [7, 11) is 3.11. The second-order valence-corrected chi connectivity index (χ2v) is 5.94. The third-order valence-corrected chi connectivity index (χ3v) is 4.18. The first-order valence-corrected chi connectivity index (χ1v) is 8.64. The Morgan fingerprint density at radius 2 is 1.87 bits per heavy atom. The van der Waals surface area contributed by atoms with E-state index in [4.69, 9.17) is 5.73 Å². The van der Waals surface area contributed by atoms with E-state index in [1.807, 2.05) is 13.8 Å². The lowest BCUT2D eigenvalue weighted by molar-refractivity contribution is -0.131. The standard InChI is InChI=1S/C13H23N3O4S.C2H6/c1-9(18)11(14)8-21-10(7-17)6-13(20)16(3)5-4-12(19)15-2;1-2/h7,10-11H,4-6,8,14H2,1-3H3,(H,15,19);1-2H3. The van der Waals surface area contributed by atoms with Gasteiger partial charge in [-0.15, -0.1) is 11.8 Å². The minimum absolute atomic E-state index is 0.0308. The maximum absolute atomic E-state index is 11.9. The molecule has 2 atom stereocenters. The third-order valence-electron chi connectivity index (χ3n) is 2.92. The van der Waals surface area contributed by atoms with E-state index >= 15 is 0 Å². The van der Waals surface area contributed by atoms with Crippen LogP contribution >= 0.6 is 11.8 Å². The van der Waals surface area contributed by atoms with Crippen LogP contribution in [-0.2, 0) is 19.2 Å². The van der Waals surface area contributed by atoms with E-state index in [1.54, 1.807) is 7.05 Å². The maximum atomic E-state index is 11.9. The fourth-order valence-corrected chi connectivity index (χ4v) is 2.37. The maximum Gasteiger partial charge on any atom is 0.223 e. The van der Waals surface area contributed by atoms with Crippen LogP contribution in [0, 0.1) is 0 Å². The van der Waals surface area contributed by atoms with E-state index in [9.17, 15) is 19.2 Å². The van der Waals surface area contributed by atoms with Crippen LogP contribution in [0.2, 0.25) is 0 Å². The predicted octanol–water partition coefficient (Wildman–Crippen LogP) is 0.214. The number of ketones is 1. The molecule has 0 aliphatic carbocycles. The molecule has 0 aromatic rings. The number of carbonyl (C=O) groups is 4. The van der Waals surface area contributed by atoms with Gasteiger partial charge in [0.25, 0.3) is 0 Å². The number of thioether (sulfide) groups is 1. The zero-order valence-corrected chi connectivity index (χ0v) is 15.4. The van der Waals surface area contributed by atoms with E-state index in [1.165, 1.54) is 30.6 Å². The summed E-state index contributed by atoms with van der Waals surface area (Å²) in [6.07, 6.45) is 0.928. The Hall–Kier alpha value is -1.41. The average Bonchev–Trinajstić information content (AvgIpc) is 2.56. The zero-order chi connectivity index (χ0) is 18.4. The molecule has 3 N–H and O–H groups in total. The number of amides is 2. The van der Waals surface area contributed by atoms with Crippen LogP contribution in [0.4, 0.5) is 0 Å². The quantitative estimate of drug-likeness (QED) is 0.547. The van der Waals surface area contributed by atoms with Gasteiger partial charge in [0.1, 0.15) is 12.1 Å². The van der Waals surface area contributed by atoms with Gasteiger partial charge in [-0.25, -0.2) is 0 Å². The Labute approximate surface area is 142 Å². The zero-order valence-electron chi connectivity index (χ0n) is 14.6. The van der Waals surface area contributed by atoms with Crippen molar-refractivity contribution in [2.75, 3.05) is 26.4 Å². The van der Waals surface area contributed by atoms with Gasteiger partial charge in [-0.2, -0.15) is 0 Å². The van der Waals surface area contributed by atoms with Gasteiger partial charge >= 0.3 is 0 Å². The van der Waals surface area contributed by atoms with Crippen molar-refractivity contribution in [3.8, 4) is 0 Å². The van der Waals surface area contributed by atoms with Gasteiger partial charge in [-0.05, 0) is 6.92 Å². The smallest absolute Gasteiger partial charge is 0.223 e. The molecular formula is C15H29N3O4S. The van der Waals surface area contributed by atoms with Crippen molar-refractivity contribution in [1.82, 2.24) is 10.2 Å². The van der Waals surface area contributed by atoms with Gasteiger partial charge in [0.05, 0.1) is 11.3 Å².